The molecule has 1 N–H and O–H groups in total. The molecule has 0 spiro atoms. The van der Waals surface area contributed by atoms with E-state index in [1.807, 2.05) is 48.5 Å². The molecule has 0 unspecified atom stereocenters. The number of halogens is 2. The first-order chi connectivity index (χ1) is 15.1. The molecule has 0 aromatic heterocycles. The zero-order valence-corrected chi connectivity index (χ0v) is 19.6. The number of carbonyl (C=O) groups excluding carboxylic acids is 1. The second-order valence-electron chi connectivity index (χ2n) is 6.82. The fourth-order valence-electron chi connectivity index (χ4n) is 3.12. The Balaban J connectivity index is 1.39. The zero-order chi connectivity index (χ0) is 21.6. The number of hydrazone groups is 1. The fraction of sp³-hybridized carbons (Fsp3) is 0.0400. The van der Waals surface area contributed by atoms with Gasteiger partial charge in [-0.2, -0.15) is 5.10 Å². The van der Waals surface area contributed by atoms with Crippen LogP contribution in [0.3, 0.4) is 0 Å². The summed E-state index contributed by atoms with van der Waals surface area (Å²) in [6, 6.07) is 27.2. The zero-order valence-electron chi connectivity index (χ0n) is 16.4. The summed E-state index contributed by atoms with van der Waals surface area (Å²) >= 11 is 6.91. The average molecular weight is 538 g/mol. The third-order valence-corrected chi connectivity index (χ3v) is 5.85. The van der Waals surface area contributed by atoms with Crippen LogP contribution < -0.4 is 10.2 Å². The van der Waals surface area contributed by atoms with Crippen LogP contribution in [-0.2, 0) is 6.61 Å². The van der Waals surface area contributed by atoms with Crippen molar-refractivity contribution in [2.24, 2.45) is 5.10 Å². The van der Waals surface area contributed by atoms with Gasteiger partial charge in [0.2, 0.25) is 0 Å². The van der Waals surface area contributed by atoms with Gasteiger partial charge in [0.1, 0.15) is 12.4 Å². The number of hydrogen-bond donors (Lipinski definition) is 1. The Morgan fingerprint density at radius 3 is 2.52 bits per heavy atom. The number of nitrogens with zero attached hydrogens (tertiary/aromatic N) is 1. The van der Waals surface area contributed by atoms with Gasteiger partial charge in [-0.05, 0) is 80.3 Å². The first kappa shape index (κ1) is 21.3. The predicted molar refractivity (Wildman–Crippen MR) is 132 cm³/mol. The van der Waals surface area contributed by atoms with Gasteiger partial charge in [-0.3, -0.25) is 4.79 Å². The molecule has 0 saturated carbocycles. The van der Waals surface area contributed by atoms with Crippen molar-refractivity contribution in [3.63, 3.8) is 0 Å². The average Bonchev–Trinajstić information content (AvgIpc) is 2.79. The maximum atomic E-state index is 12.1. The second kappa shape index (κ2) is 9.90. The van der Waals surface area contributed by atoms with E-state index in [-0.39, 0.29) is 5.91 Å². The Kier molecular flexibility index (Phi) is 6.79. The van der Waals surface area contributed by atoms with Crippen molar-refractivity contribution in [3.05, 3.63) is 111 Å². The largest absolute Gasteiger partial charge is 0.488 e. The van der Waals surface area contributed by atoms with Crippen LogP contribution in [-0.4, -0.2) is 12.1 Å². The normalized spacial score (nSPS) is 11.0. The Morgan fingerprint density at radius 1 is 0.935 bits per heavy atom. The van der Waals surface area contributed by atoms with Crippen molar-refractivity contribution in [3.8, 4) is 5.75 Å². The summed E-state index contributed by atoms with van der Waals surface area (Å²) < 4.78 is 7.76. The molecule has 0 radical (unpaired) electrons. The molecule has 1 amide bonds. The molecule has 0 heterocycles. The second-order valence-corrected chi connectivity index (χ2v) is 8.59. The lowest BCUT2D eigenvalue weighted by Gasteiger charge is -2.11. The number of rotatable bonds is 6. The van der Waals surface area contributed by atoms with Crippen molar-refractivity contribution < 1.29 is 9.53 Å². The molecule has 0 aliphatic carbocycles. The molecule has 154 valence electrons. The molecular formula is C25H18Br2N2O2. The van der Waals surface area contributed by atoms with E-state index in [0.717, 1.165) is 25.8 Å². The van der Waals surface area contributed by atoms with Crippen molar-refractivity contribution in [2.45, 2.75) is 6.61 Å². The topological polar surface area (TPSA) is 50.7 Å². The molecule has 4 aromatic rings. The lowest BCUT2D eigenvalue weighted by atomic mass is 10.1. The first-order valence-electron chi connectivity index (χ1n) is 9.58. The number of carbonyl (C=O) groups is 1. The van der Waals surface area contributed by atoms with Gasteiger partial charge in [-0.25, -0.2) is 5.43 Å². The molecule has 0 saturated heterocycles. The Bertz CT molecular complexity index is 1250. The summed E-state index contributed by atoms with van der Waals surface area (Å²) in [5.74, 6) is 0.474. The quantitative estimate of drug-likeness (QED) is 0.219. The monoisotopic (exact) mass is 536 g/mol. The van der Waals surface area contributed by atoms with Crippen molar-refractivity contribution >= 4 is 54.8 Å². The fourth-order valence-corrected chi connectivity index (χ4v) is 3.89. The SMILES string of the molecule is O=C(N/N=C\c1ccc(OCc2cccc3ccccc23)c(Br)c1)c1ccc(Br)cc1. The Labute approximate surface area is 197 Å². The molecule has 4 aromatic carbocycles. The summed E-state index contributed by atoms with van der Waals surface area (Å²) in [7, 11) is 0. The summed E-state index contributed by atoms with van der Waals surface area (Å²) in [4.78, 5) is 12.1. The molecule has 0 aliphatic heterocycles. The standard InChI is InChI=1S/C25H18Br2N2O2/c26-21-11-9-19(10-12-21)25(30)29-28-15-17-8-13-24(23(27)14-17)31-16-20-6-3-5-18-4-1-2-7-22(18)20/h1-15H,16H2,(H,29,30)/b28-15-. The Morgan fingerprint density at radius 2 is 1.71 bits per heavy atom. The molecular weight excluding hydrogens is 520 g/mol. The maximum Gasteiger partial charge on any atom is 0.271 e. The van der Waals surface area contributed by atoms with E-state index < -0.39 is 0 Å². The van der Waals surface area contributed by atoms with Crippen LogP contribution >= 0.6 is 31.9 Å². The number of nitrogens with one attached hydrogen (secondary N) is 1. The number of ether oxygens (including phenoxy) is 1. The van der Waals surface area contributed by atoms with Gasteiger partial charge in [-0.15, -0.1) is 0 Å². The summed E-state index contributed by atoms with van der Waals surface area (Å²) in [6.07, 6.45) is 1.59. The van der Waals surface area contributed by atoms with Crippen LogP contribution in [0, 0.1) is 0 Å². The Hall–Kier alpha value is -2.96. The van der Waals surface area contributed by atoms with Gasteiger partial charge in [0, 0.05) is 10.0 Å². The van der Waals surface area contributed by atoms with Gasteiger partial charge in [0.05, 0.1) is 10.7 Å². The number of fused-ring (bicyclic) bond motifs is 1. The van der Waals surface area contributed by atoms with E-state index in [1.165, 1.54) is 10.8 Å². The van der Waals surface area contributed by atoms with Crippen molar-refractivity contribution in [1.82, 2.24) is 5.43 Å². The highest BCUT2D eigenvalue weighted by atomic mass is 79.9. The lowest BCUT2D eigenvalue weighted by molar-refractivity contribution is 0.0955. The van der Waals surface area contributed by atoms with Crippen LogP contribution in [0.4, 0.5) is 0 Å². The van der Waals surface area contributed by atoms with Gasteiger partial charge >= 0.3 is 0 Å². The molecule has 6 heteroatoms. The van der Waals surface area contributed by atoms with E-state index in [4.69, 9.17) is 4.74 Å². The minimum Gasteiger partial charge on any atom is -0.488 e. The van der Waals surface area contributed by atoms with Gasteiger partial charge in [0.25, 0.3) is 5.91 Å². The minimum atomic E-state index is -0.266. The number of benzene rings is 4. The van der Waals surface area contributed by atoms with E-state index in [1.54, 1.807) is 18.3 Å². The van der Waals surface area contributed by atoms with Crippen LogP contribution in [0.25, 0.3) is 10.8 Å². The van der Waals surface area contributed by atoms with Crippen molar-refractivity contribution in [2.75, 3.05) is 0 Å². The number of amides is 1. The summed E-state index contributed by atoms with van der Waals surface area (Å²) in [5.41, 5.74) is 5.04. The highest BCUT2D eigenvalue weighted by molar-refractivity contribution is 9.10. The molecule has 0 aliphatic rings. The van der Waals surface area contributed by atoms with E-state index in [2.05, 4.69) is 66.7 Å². The molecule has 31 heavy (non-hydrogen) atoms. The third kappa shape index (κ3) is 5.40. The van der Waals surface area contributed by atoms with Gasteiger partial charge in [0.15, 0.2) is 0 Å². The van der Waals surface area contributed by atoms with Crippen LogP contribution in [0.1, 0.15) is 21.5 Å². The molecule has 4 rings (SSSR count). The van der Waals surface area contributed by atoms with E-state index in [9.17, 15) is 4.79 Å². The highest BCUT2D eigenvalue weighted by Crippen LogP contribution is 2.27. The predicted octanol–water partition coefficient (Wildman–Crippen LogP) is 6.71. The van der Waals surface area contributed by atoms with E-state index >= 15 is 0 Å². The smallest absolute Gasteiger partial charge is 0.271 e. The molecule has 4 nitrogen and oxygen atoms in total. The van der Waals surface area contributed by atoms with Crippen molar-refractivity contribution in [1.29, 1.82) is 0 Å². The molecule has 0 bridgehead atoms. The summed E-state index contributed by atoms with van der Waals surface area (Å²) in [6.45, 7) is 0.469. The van der Waals surface area contributed by atoms with Crippen LogP contribution in [0.2, 0.25) is 0 Å². The number of hydrogen-bond acceptors (Lipinski definition) is 3. The van der Waals surface area contributed by atoms with Crippen LogP contribution in [0.15, 0.2) is 99.0 Å². The summed E-state index contributed by atoms with van der Waals surface area (Å²) in [5, 5.41) is 6.42. The molecule has 0 fully saturated rings. The van der Waals surface area contributed by atoms with Crippen LogP contribution in [0.5, 0.6) is 5.75 Å². The lowest BCUT2D eigenvalue weighted by Crippen LogP contribution is -2.17. The van der Waals surface area contributed by atoms with Gasteiger partial charge in [-0.1, -0.05) is 58.4 Å². The van der Waals surface area contributed by atoms with Gasteiger partial charge < -0.3 is 4.74 Å². The minimum absolute atomic E-state index is 0.266. The highest BCUT2D eigenvalue weighted by Gasteiger charge is 2.06. The molecule has 0 atom stereocenters. The maximum absolute atomic E-state index is 12.1. The first-order valence-corrected chi connectivity index (χ1v) is 11.2. The van der Waals surface area contributed by atoms with E-state index in [0.29, 0.717) is 12.2 Å². The third-order valence-electron chi connectivity index (χ3n) is 4.71.